The largest absolute Gasteiger partial charge is 0.481 e. The van der Waals surface area contributed by atoms with Crippen molar-refractivity contribution in [3.05, 3.63) is 28.4 Å². The van der Waals surface area contributed by atoms with Gasteiger partial charge in [-0.2, -0.15) is 0 Å². The Labute approximate surface area is 116 Å². The lowest BCUT2D eigenvalue weighted by Gasteiger charge is -2.28. The molecule has 1 atom stereocenters. The van der Waals surface area contributed by atoms with Gasteiger partial charge in [-0.05, 0) is 18.4 Å². The molecular formula is C13H17N3O4. The van der Waals surface area contributed by atoms with Gasteiger partial charge in [0.25, 0.3) is 5.69 Å². The van der Waals surface area contributed by atoms with Gasteiger partial charge in [-0.3, -0.25) is 14.9 Å². The highest BCUT2D eigenvalue weighted by Gasteiger charge is 2.47. The number of carbonyl (C=O) groups is 1. The monoisotopic (exact) mass is 279 g/mol. The average molecular weight is 279 g/mol. The number of nitro groups is 1. The molecule has 0 radical (unpaired) electrons. The van der Waals surface area contributed by atoms with Crippen LogP contribution >= 0.6 is 0 Å². The van der Waals surface area contributed by atoms with Gasteiger partial charge in [-0.1, -0.05) is 13.8 Å². The van der Waals surface area contributed by atoms with Crippen LogP contribution in [0.15, 0.2) is 18.3 Å². The standard InChI is InChI=1S/C13H17N3O4/c1-9(2)13(12(17)18)5-6-15(8-13)11-4-3-10(7-14-11)16(19)20/h3-4,7,9H,5-6,8H2,1-2H3,(H,17,18). The summed E-state index contributed by atoms with van der Waals surface area (Å²) in [6.45, 7) is 4.78. The molecule has 20 heavy (non-hydrogen) atoms. The topological polar surface area (TPSA) is 96.6 Å². The van der Waals surface area contributed by atoms with Crippen molar-refractivity contribution < 1.29 is 14.8 Å². The maximum absolute atomic E-state index is 11.5. The van der Waals surface area contributed by atoms with E-state index < -0.39 is 16.3 Å². The number of aliphatic carboxylic acids is 1. The molecule has 1 N–H and O–H groups in total. The molecule has 7 nitrogen and oxygen atoms in total. The quantitative estimate of drug-likeness (QED) is 0.668. The molecule has 1 aliphatic rings. The number of pyridine rings is 1. The minimum atomic E-state index is -0.795. The first-order chi connectivity index (χ1) is 9.36. The summed E-state index contributed by atoms with van der Waals surface area (Å²) in [5.74, 6) is -0.195. The molecule has 7 heteroatoms. The van der Waals surface area contributed by atoms with Crippen molar-refractivity contribution in [3.8, 4) is 0 Å². The number of carboxylic acid groups (broad SMARTS) is 1. The number of hydrogen-bond donors (Lipinski definition) is 1. The second-order valence-electron chi connectivity index (χ2n) is 5.42. The van der Waals surface area contributed by atoms with Crippen LogP contribution in [0.1, 0.15) is 20.3 Å². The van der Waals surface area contributed by atoms with E-state index in [1.165, 1.54) is 12.3 Å². The van der Waals surface area contributed by atoms with E-state index in [2.05, 4.69) is 4.98 Å². The molecular weight excluding hydrogens is 262 g/mol. The minimum Gasteiger partial charge on any atom is -0.481 e. The second kappa shape index (κ2) is 5.07. The van der Waals surface area contributed by atoms with Crippen LogP contribution in [0.4, 0.5) is 11.5 Å². The number of rotatable bonds is 4. The average Bonchev–Trinajstić information content (AvgIpc) is 2.85. The van der Waals surface area contributed by atoms with Gasteiger partial charge in [0.05, 0.1) is 10.3 Å². The van der Waals surface area contributed by atoms with Crippen LogP contribution in [0.25, 0.3) is 0 Å². The molecule has 1 aromatic heterocycles. The van der Waals surface area contributed by atoms with E-state index in [1.807, 2.05) is 18.7 Å². The molecule has 1 aromatic rings. The molecule has 108 valence electrons. The van der Waals surface area contributed by atoms with E-state index >= 15 is 0 Å². The van der Waals surface area contributed by atoms with Crippen molar-refractivity contribution >= 4 is 17.5 Å². The number of aromatic nitrogens is 1. The molecule has 0 aliphatic carbocycles. The Kier molecular flexibility index (Phi) is 3.61. The van der Waals surface area contributed by atoms with Gasteiger partial charge < -0.3 is 10.0 Å². The van der Waals surface area contributed by atoms with E-state index in [0.717, 1.165) is 0 Å². The zero-order chi connectivity index (χ0) is 14.9. The summed E-state index contributed by atoms with van der Waals surface area (Å²) >= 11 is 0. The summed E-state index contributed by atoms with van der Waals surface area (Å²) in [5, 5.41) is 20.1. The normalized spacial score (nSPS) is 22.2. The summed E-state index contributed by atoms with van der Waals surface area (Å²) in [7, 11) is 0. The highest BCUT2D eigenvalue weighted by molar-refractivity contribution is 5.77. The van der Waals surface area contributed by atoms with E-state index in [1.54, 1.807) is 6.07 Å². The number of carboxylic acids is 1. The van der Waals surface area contributed by atoms with Gasteiger partial charge in [0.2, 0.25) is 0 Å². The van der Waals surface area contributed by atoms with Crippen LogP contribution < -0.4 is 4.90 Å². The fourth-order valence-electron chi connectivity index (χ4n) is 2.59. The van der Waals surface area contributed by atoms with Crippen molar-refractivity contribution in [2.45, 2.75) is 20.3 Å². The third kappa shape index (κ3) is 2.31. The zero-order valence-corrected chi connectivity index (χ0v) is 11.4. The molecule has 0 amide bonds. The maximum Gasteiger partial charge on any atom is 0.311 e. The summed E-state index contributed by atoms with van der Waals surface area (Å²) in [4.78, 5) is 27.6. The molecule has 0 aromatic carbocycles. The predicted octanol–water partition coefficient (Wildman–Crippen LogP) is 1.93. The van der Waals surface area contributed by atoms with Gasteiger partial charge in [-0.25, -0.2) is 4.98 Å². The number of hydrogen-bond acceptors (Lipinski definition) is 5. The lowest BCUT2D eigenvalue weighted by molar-refractivity contribution is -0.385. The van der Waals surface area contributed by atoms with Gasteiger partial charge >= 0.3 is 5.97 Å². The highest BCUT2D eigenvalue weighted by atomic mass is 16.6. The number of nitrogens with zero attached hydrogens (tertiary/aromatic N) is 3. The third-order valence-corrected chi connectivity index (χ3v) is 4.10. The summed E-state index contributed by atoms with van der Waals surface area (Å²) in [6.07, 6.45) is 1.75. The Balaban J connectivity index is 2.20. The third-order valence-electron chi connectivity index (χ3n) is 4.10. The Hall–Kier alpha value is -2.18. The summed E-state index contributed by atoms with van der Waals surface area (Å²) in [6, 6.07) is 2.95. The molecule has 2 heterocycles. The van der Waals surface area contributed by atoms with Crippen molar-refractivity contribution in [3.63, 3.8) is 0 Å². The van der Waals surface area contributed by atoms with Crippen molar-refractivity contribution in [1.29, 1.82) is 0 Å². The first-order valence-electron chi connectivity index (χ1n) is 6.45. The molecule has 2 rings (SSSR count). The first kappa shape index (κ1) is 14.2. The van der Waals surface area contributed by atoms with Crippen LogP contribution in [0, 0.1) is 21.4 Å². The van der Waals surface area contributed by atoms with E-state index in [-0.39, 0.29) is 11.6 Å². The van der Waals surface area contributed by atoms with Gasteiger partial charge in [0.1, 0.15) is 12.0 Å². The Morgan fingerprint density at radius 2 is 2.25 bits per heavy atom. The van der Waals surface area contributed by atoms with E-state index in [4.69, 9.17) is 0 Å². The molecule has 0 spiro atoms. The highest BCUT2D eigenvalue weighted by Crippen LogP contribution is 2.39. The Bertz CT molecular complexity index is 529. The first-order valence-corrected chi connectivity index (χ1v) is 6.45. The van der Waals surface area contributed by atoms with Crippen LogP contribution in [0.3, 0.4) is 0 Å². The fourth-order valence-corrected chi connectivity index (χ4v) is 2.59. The fraction of sp³-hybridized carbons (Fsp3) is 0.538. The minimum absolute atomic E-state index is 0.0167. The number of anilines is 1. The maximum atomic E-state index is 11.5. The van der Waals surface area contributed by atoms with Gasteiger partial charge in [0, 0.05) is 19.2 Å². The van der Waals surface area contributed by atoms with E-state index in [0.29, 0.717) is 25.3 Å². The zero-order valence-electron chi connectivity index (χ0n) is 11.4. The van der Waals surface area contributed by atoms with Crippen LogP contribution in [0.5, 0.6) is 0 Å². The lowest BCUT2D eigenvalue weighted by atomic mass is 9.76. The molecule has 1 fully saturated rings. The van der Waals surface area contributed by atoms with Crippen LogP contribution in [-0.4, -0.2) is 34.1 Å². The molecule has 1 saturated heterocycles. The smallest absolute Gasteiger partial charge is 0.311 e. The van der Waals surface area contributed by atoms with Crippen LogP contribution in [-0.2, 0) is 4.79 Å². The molecule has 1 aliphatic heterocycles. The van der Waals surface area contributed by atoms with Crippen LogP contribution in [0.2, 0.25) is 0 Å². The summed E-state index contributed by atoms with van der Waals surface area (Å²) < 4.78 is 0. The summed E-state index contributed by atoms with van der Waals surface area (Å²) in [5.41, 5.74) is -0.843. The second-order valence-corrected chi connectivity index (χ2v) is 5.42. The van der Waals surface area contributed by atoms with Crippen molar-refractivity contribution in [2.24, 2.45) is 11.3 Å². The van der Waals surface area contributed by atoms with Gasteiger partial charge in [-0.15, -0.1) is 0 Å². The van der Waals surface area contributed by atoms with Gasteiger partial charge in [0.15, 0.2) is 0 Å². The lowest BCUT2D eigenvalue weighted by Crippen LogP contribution is -2.39. The van der Waals surface area contributed by atoms with Crippen molar-refractivity contribution in [2.75, 3.05) is 18.0 Å². The van der Waals surface area contributed by atoms with E-state index in [9.17, 15) is 20.0 Å². The Morgan fingerprint density at radius 1 is 1.55 bits per heavy atom. The predicted molar refractivity (Wildman–Crippen MR) is 72.6 cm³/mol. The molecule has 1 unspecified atom stereocenters. The molecule has 0 bridgehead atoms. The van der Waals surface area contributed by atoms with Crippen molar-refractivity contribution in [1.82, 2.24) is 4.98 Å². The molecule has 0 saturated carbocycles. The Morgan fingerprint density at radius 3 is 2.65 bits per heavy atom. The SMILES string of the molecule is CC(C)C1(C(=O)O)CCN(c2ccc([N+](=O)[O-])cn2)C1.